The van der Waals surface area contributed by atoms with Crippen LogP contribution in [0.1, 0.15) is 26.2 Å². The van der Waals surface area contributed by atoms with Crippen LogP contribution in [-0.2, 0) is 6.54 Å². The molecule has 0 N–H and O–H groups in total. The Hall–Kier alpha value is -0.290. The Morgan fingerprint density at radius 2 is 2.09 bits per heavy atom. The summed E-state index contributed by atoms with van der Waals surface area (Å²) >= 11 is 16.0. The van der Waals surface area contributed by atoms with Crippen molar-refractivity contribution in [1.29, 1.82) is 0 Å². The maximum absolute atomic E-state index is 6.14. The van der Waals surface area contributed by atoms with Gasteiger partial charge in [-0.2, -0.15) is 11.8 Å². The minimum atomic E-state index is 0.480. The summed E-state index contributed by atoms with van der Waals surface area (Å²) in [6.45, 7) is 3.19. The molecule has 0 amide bonds. The van der Waals surface area contributed by atoms with Gasteiger partial charge in [-0.05, 0) is 30.4 Å². The first-order valence-electron chi connectivity index (χ1n) is 7.84. The Morgan fingerprint density at radius 1 is 1.22 bits per heavy atom. The molecule has 0 radical (unpaired) electrons. The maximum Gasteiger partial charge on any atom is 0.0946 e. The molecule has 1 unspecified atom stereocenters. The van der Waals surface area contributed by atoms with Crippen LogP contribution in [0.2, 0.25) is 10.0 Å². The van der Waals surface area contributed by atoms with Gasteiger partial charge in [0.05, 0.1) is 16.4 Å². The van der Waals surface area contributed by atoms with E-state index in [0.29, 0.717) is 15.3 Å². The van der Waals surface area contributed by atoms with Crippen molar-refractivity contribution < 1.29 is 0 Å². The Bertz CT molecular complexity index is 576. The van der Waals surface area contributed by atoms with Crippen LogP contribution in [0.4, 0.5) is 0 Å². The van der Waals surface area contributed by atoms with Gasteiger partial charge in [0.1, 0.15) is 0 Å². The Morgan fingerprint density at radius 3 is 2.78 bits per heavy atom. The number of thioether (sulfide) groups is 2. The SMILES string of the molecule is CCCCCSCC(Cn1ccnc1)Sc1ccc(Cl)c(Cl)c1. The molecule has 0 bridgehead atoms. The second-order valence-corrected chi connectivity index (χ2v) is 8.70. The van der Waals surface area contributed by atoms with Crippen LogP contribution in [0.25, 0.3) is 0 Å². The van der Waals surface area contributed by atoms with Gasteiger partial charge in [0.2, 0.25) is 0 Å². The average Bonchev–Trinajstić information content (AvgIpc) is 3.03. The number of hydrogen-bond donors (Lipinski definition) is 0. The molecule has 126 valence electrons. The van der Waals surface area contributed by atoms with E-state index in [9.17, 15) is 0 Å². The predicted octanol–water partition coefficient (Wildman–Crippen LogP) is 6.27. The summed E-state index contributed by atoms with van der Waals surface area (Å²) in [7, 11) is 0. The van der Waals surface area contributed by atoms with Crippen molar-refractivity contribution in [2.24, 2.45) is 0 Å². The van der Waals surface area contributed by atoms with Gasteiger partial charge in [0.15, 0.2) is 0 Å². The highest BCUT2D eigenvalue weighted by Crippen LogP contribution is 2.32. The lowest BCUT2D eigenvalue weighted by molar-refractivity contribution is 0.695. The molecule has 1 atom stereocenters. The van der Waals surface area contributed by atoms with E-state index < -0.39 is 0 Å². The third kappa shape index (κ3) is 7.00. The van der Waals surface area contributed by atoms with Gasteiger partial charge < -0.3 is 4.57 Å². The minimum Gasteiger partial charge on any atom is -0.336 e. The Balaban J connectivity index is 1.93. The quantitative estimate of drug-likeness (QED) is 0.352. The lowest BCUT2D eigenvalue weighted by atomic mass is 10.3. The fourth-order valence-electron chi connectivity index (χ4n) is 2.17. The molecule has 0 aliphatic rings. The third-order valence-electron chi connectivity index (χ3n) is 3.36. The van der Waals surface area contributed by atoms with Gasteiger partial charge in [-0.15, -0.1) is 11.8 Å². The van der Waals surface area contributed by atoms with Crippen molar-refractivity contribution in [2.45, 2.75) is 42.9 Å². The summed E-state index contributed by atoms with van der Waals surface area (Å²) in [4.78, 5) is 5.30. The first-order valence-corrected chi connectivity index (χ1v) is 10.6. The first kappa shape index (κ1) is 19.0. The molecule has 0 fully saturated rings. The normalized spacial score (nSPS) is 12.5. The van der Waals surface area contributed by atoms with Crippen LogP contribution in [0.15, 0.2) is 41.8 Å². The Kier molecular flexibility index (Phi) is 8.73. The molecular formula is C17H22Cl2N2S2. The van der Waals surface area contributed by atoms with Crippen molar-refractivity contribution in [3.8, 4) is 0 Å². The van der Waals surface area contributed by atoms with Crippen LogP contribution in [-0.4, -0.2) is 26.3 Å². The molecule has 1 heterocycles. The van der Waals surface area contributed by atoms with E-state index in [4.69, 9.17) is 23.2 Å². The zero-order valence-corrected chi connectivity index (χ0v) is 16.4. The van der Waals surface area contributed by atoms with Gasteiger partial charge in [0.25, 0.3) is 0 Å². The standard InChI is InChI=1S/C17H22Cl2N2S2/c1-2-3-4-9-22-12-15(11-21-8-7-20-13-21)23-14-5-6-16(18)17(19)10-14/h5-8,10,13,15H,2-4,9,11-12H2,1H3. The third-order valence-corrected chi connectivity index (χ3v) is 6.70. The number of benzene rings is 1. The number of unbranched alkanes of at least 4 members (excludes halogenated alkanes) is 2. The van der Waals surface area contributed by atoms with E-state index in [1.165, 1.54) is 29.9 Å². The van der Waals surface area contributed by atoms with Crippen molar-refractivity contribution in [3.63, 3.8) is 0 Å². The minimum absolute atomic E-state index is 0.480. The van der Waals surface area contributed by atoms with E-state index >= 15 is 0 Å². The largest absolute Gasteiger partial charge is 0.336 e. The summed E-state index contributed by atoms with van der Waals surface area (Å²) < 4.78 is 2.14. The molecular weight excluding hydrogens is 367 g/mol. The number of aromatic nitrogens is 2. The second kappa shape index (κ2) is 10.5. The van der Waals surface area contributed by atoms with Gasteiger partial charge >= 0.3 is 0 Å². The number of rotatable bonds is 10. The smallest absolute Gasteiger partial charge is 0.0946 e. The highest BCUT2D eigenvalue weighted by molar-refractivity contribution is 8.03. The fourth-order valence-corrected chi connectivity index (χ4v) is 5.00. The molecule has 1 aromatic heterocycles. The van der Waals surface area contributed by atoms with E-state index in [2.05, 4.69) is 16.5 Å². The monoisotopic (exact) mass is 388 g/mol. The van der Waals surface area contributed by atoms with E-state index in [-0.39, 0.29) is 0 Å². The first-order chi connectivity index (χ1) is 11.2. The molecule has 1 aromatic carbocycles. The molecule has 6 heteroatoms. The molecule has 0 saturated carbocycles. The van der Waals surface area contributed by atoms with Gasteiger partial charge in [-0.1, -0.05) is 43.0 Å². The lowest BCUT2D eigenvalue weighted by Crippen LogP contribution is -2.15. The zero-order chi connectivity index (χ0) is 16.5. The zero-order valence-electron chi connectivity index (χ0n) is 13.3. The molecule has 2 rings (SSSR count). The highest BCUT2D eigenvalue weighted by atomic mass is 35.5. The van der Waals surface area contributed by atoms with E-state index in [1.807, 2.05) is 60.4 Å². The van der Waals surface area contributed by atoms with E-state index in [0.717, 1.165) is 12.3 Å². The highest BCUT2D eigenvalue weighted by Gasteiger charge is 2.13. The van der Waals surface area contributed by atoms with Crippen LogP contribution < -0.4 is 0 Å². The predicted molar refractivity (Wildman–Crippen MR) is 105 cm³/mol. The molecule has 0 saturated heterocycles. The number of imidazole rings is 1. The average molecular weight is 389 g/mol. The summed E-state index contributed by atoms with van der Waals surface area (Å²) in [5, 5.41) is 1.71. The summed E-state index contributed by atoms with van der Waals surface area (Å²) in [6, 6.07) is 5.87. The molecule has 0 aliphatic carbocycles. The number of halogens is 2. The summed E-state index contributed by atoms with van der Waals surface area (Å²) in [5.74, 6) is 2.35. The van der Waals surface area contributed by atoms with Crippen molar-refractivity contribution in [1.82, 2.24) is 9.55 Å². The molecule has 0 spiro atoms. The lowest BCUT2D eigenvalue weighted by Gasteiger charge is -2.17. The molecule has 0 aliphatic heterocycles. The summed E-state index contributed by atoms with van der Waals surface area (Å²) in [6.07, 6.45) is 9.62. The van der Waals surface area contributed by atoms with Crippen LogP contribution in [0.5, 0.6) is 0 Å². The Labute approximate surface area is 157 Å². The van der Waals surface area contributed by atoms with Gasteiger partial charge in [-0.25, -0.2) is 4.98 Å². The number of nitrogens with zero attached hydrogens (tertiary/aromatic N) is 2. The molecule has 2 aromatic rings. The van der Waals surface area contributed by atoms with E-state index in [1.54, 1.807) is 0 Å². The maximum atomic E-state index is 6.14. The van der Waals surface area contributed by atoms with Crippen LogP contribution in [0.3, 0.4) is 0 Å². The van der Waals surface area contributed by atoms with Crippen molar-refractivity contribution in [2.75, 3.05) is 11.5 Å². The molecule has 23 heavy (non-hydrogen) atoms. The topological polar surface area (TPSA) is 17.8 Å². The number of hydrogen-bond acceptors (Lipinski definition) is 3. The molecule has 2 nitrogen and oxygen atoms in total. The van der Waals surface area contributed by atoms with Gasteiger partial charge in [-0.3, -0.25) is 0 Å². The van der Waals surface area contributed by atoms with Crippen molar-refractivity contribution in [3.05, 3.63) is 47.0 Å². The second-order valence-electron chi connectivity index (χ2n) is 5.36. The van der Waals surface area contributed by atoms with Crippen molar-refractivity contribution >= 4 is 46.7 Å². The fraction of sp³-hybridized carbons (Fsp3) is 0.471. The van der Waals surface area contributed by atoms with Gasteiger partial charge in [0, 0.05) is 34.8 Å². The summed E-state index contributed by atoms with van der Waals surface area (Å²) in [5.41, 5.74) is 0. The van der Waals surface area contributed by atoms with Crippen LogP contribution >= 0.6 is 46.7 Å². The van der Waals surface area contributed by atoms with Crippen LogP contribution in [0, 0.1) is 0 Å².